The Labute approximate surface area is 94.5 Å². The van der Waals surface area contributed by atoms with E-state index in [0.717, 1.165) is 11.3 Å². The van der Waals surface area contributed by atoms with E-state index in [2.05, 4.69) is 5.16 Å². The van der Waals surface area contributed by atoms with Crippen LogP contribution in [0.25, 0.3) is 0 Å². The van der Waals surface area contributed by atoms with Crippen LogP contribution < -0.4 is 4.90 Å². The molecule has 1 amide bonds. The number of para-hydroxylation sites is 1. The average Bonchev–Trinajstić information content (AvgIpc) is 2.50. The van der Waals surface area contributed by atoms with E-state index in [9.17, 15) is 4.79 Å². The van der Waals surface area contributed by atoms with Crippen LogP contribution >= 0.6 is 0 Å². The van der Waals surface area contributed by atoms with Crippen molar-refractivity contribution >= 4 is 17.3 Å². The van der Waals surface area contributed by atoms with Crippen LogP contribution in [0.2, 0.25) is 0 Å². The molecule has 16 heavy (non-hydrogen) atoms. The molecule has 1 aliphatic heterocycles. The topological polar surface area (TPSA) is 41.9 Å². The molecule has 1 aromatic carbocycles. The molecule has 84 valence electrons. The summed E-state index contributed by atoms with van der Waals surface area (Å²) < 4.78 is 0. The summed E-state index contributed by atoms with van der Waals surface area (Å²) in [7, 11) is 1.74. The zero-order valence-electron chi connectivity index (χ0n) is 9.60. The van der Waals surface area contributed by atoms with Crippen molar-refractivity contribution in [3.63, 3.8) is 0 Å². The number of rotatable bonds is 2. The largest absolute Gasteiger partial charge is 0.392 e. The summed E-state index contributed by atoms with van der Waals surface area (Å²) in [4.78, 5) is 18.6. The second-order valence-electron chi connectivity index (χ2n) is 3.98. The van der Waals surface area contributed by atoms with E-state index in [-0.39, 0.29) is 12.0 Å². The maximum absolute atomic E-state index is 11.9. The van der Waals surface area contributed by atoms with Crippen LogP contribution in [0.5, 0.6) is 0 Å². The zero-order valence-corrected chi connectivity index (χ0v) is 9.60. The molecule has 0 saturated heterocycles. The Morgan fingerprint density at radius 2 is 2.00 bits per heavy atom. The van der Waals surface area contributed by atoms with E-state index in [1.165, 1.54) is 0 Å². The lowest BCUT2D eigenvalue weighted by Crippen LogP contribution is -2.25. The summed E-state index contributed by atoms with van der Waals surface area (Å²) in [6.07, 6.45) is -0.0293. The van der Waals surface area contributed by atoms with Gasteiger partial charge >= 0.3 is 0 Å². The summed E-state index contributed by atoms with van der Waals surface area (Å²) in [5.41, 5.74) is 2.08. The van der Waals surface area contributed by atoms with Crippen LogP contribution in [0, 0.1) is 0 Å². The molecule has 0 unspecified atom stereocenters. The molecule has 0 saturated carbocycles. The molecule has 0 atom stereocenters. The lowest BCUT2D eigenvalue weighted by Gasteiger charge is -2.07. The van der Waals surface area contributed by atoms with Crippen molar-refractivity contribution in [2.24, 2.45) is 5.16 Å². The van der Waals surface area contributed by atoms with Crippen molar-refractivity contribution in [3.05, 3.63) is 29.8 Å². The monoisotopic (exact) mass is 218 g/mol. The maximum Gasteiger partial charge on any atom is 0.280 e. The van der Waals surface area contributed by atoms with E-state index >= 15 is 0 Å². The Morgan fingerprint density at radius 3 is 2.69 bits per heavy atom. The first-order valence-electron chi connectivity index (χ1n) is 5.22. The van der Waals surface area contributed by atoms with E-state index < -0.39 is 0 Å². The molecular formula is C12H14N2O2. The van der Waals surface area contributed by atoms with Crippen LogP contribution in [-0.2, 0) is 9.63 Å². The van der Waals surface area contributed by atoms with Crippen molar-refractivity contribution in [3.8, 4) is 0 Å². The van der Waals surface area contributed by atoms with Crippen LogP contribution in [0.3, 0.4) is 0 Å². The number of hydrogen-bond acceptors (Lipinski definition) is 3. The minimum atomic E-state index is -0.123. The molecule has 1 aliphatic rings. The first kappa shape index (κ1) is 10.7. The highest BCUT2D eigenvalue weighted by Crippen LogP contribution is 2.27. The molecule has 0 bridgehead atoms. The van der Waals surface area contributed by atoms with Gasteiger partial charge in [0.1, 0.15) is 6.10 Å². The van der Waals surface area contributed by atoms with Gasteiger partial charge in [0.2, 0.25) is 0 Å². The van der Waals surface area contributed by atoms with Gasteiger partial charge in [-0.05, 0) is 19.9 Å². The fraction of sp³-hybridized carbons (Fsp3) is 0.333. The fourth-order valence-electron chi connectivity index (χ4n) is 1.60. The van der Waals surface area contributed by atoms with Crippen LogP contribution in [0.15, 0.2) is 29.4 Å². The molecule has 0 N–H and O–H groups in total. The van der Waals surface area contributed by atoms with Crippen molar-refractivity contribution in [2.45, 2.75) is 20.0 Å². The van der Waals surface area contributed by atoms with Gasteiger partial charge in [-0.2, -0.15) is 0 Å². The number of fused-ring (bicyclic) bond motifs is 1. The summed E-state index contributed by atoms with van der Waals surface area (Å²) in [6.45, 7) is 3.75. The summed E-state index contributed by atoms with van der Waals surface area (Å²) in [6, 6.07) is 7.55. The number of hydrogen-bond donors (Lipinski definition) is 0. The second-order valence-corrected chi connectivity index (χ2v) is 3.98. The Kier molecular flexibility index (Phi) is 2.64. The molecule has 2 rings (SSSR count). The molecule has 0 aromatic heterocycles. The highest BCUT2D eigenvalue weighted by atomic mass is 16.6. The number of carbonyl (C=O) groups is 1. The van der Waals surface area contributed by atoms with Gasteiger partial charge in [-0.1, -0.05) is 23.4 Å². The van der Waals surface area contributed by atoms with Crippen molar-refractivity contribution in [1.82, 2.24) is 0 Å². The van der Waals surface area contributed by atoms with Gasteiger partial charge in [0.25, 0.3) is 5.91 Å². The standard InChI is InChI=1S/C12H14N2O2/c1-8(2)16-13-11-9-6-4-5-7-10(9)14(3)12(11)15/h4-8H,1-3H3/b13-11+. The van der Waals surface area contributed by atoms with E-state index in [0.29, 0.717) is 5.71 Å². The molecular weight excluding hydrogens is 204 g/mol. The Balaban J connectivity index is 2.41. The van der Waals surface area contributed by atoms with Gasteiger partial charge in [-0.25, -0.2) is 0 Å². The number of benzene rings is 1. The highest BCUT2D eigenvalue weighted by molar-refractivity contribution is 6.54. The number of oxime groups is 1. The molecule has 0 spiro atoms. The average molecular weight is 218 g/mol. The van der Waals surface area contributed by atoms with Crippen LogP contribution in [-0.4, -0.2) is 24.8 Å². The first-order valence-corrected chi connectivity index (χ1v) is 5.22. The predicted octanol–water partition coefficient (Wildman–Crippen LogP) is 1.79. The van der Waals surface area contributed by atoms with E-state index in [4.69, 9.17) is 4.84 Å². The van der Waals surface area contributed by atoms with Gasteiger partial charge in [0.15, 0.2) is 5.71 Å². The molecule has 0 aliphatic carbocycles. The Morgan fingerprint density at radius 1 is 1.31 bits per heavy atom. The quantitative estimate of drug-likeness (QED) is 0.710. The lowest BCUT2D eigenvalue weighted by molar-refractivity contribution is -0.112. The first-order chi connectivity index (χ1) is 7.61. The van der Waals surface area contributed by atoms with Crippen LogP contribution in [0.1, 0.15) is 19.4 Å². The minimum Gasteiger partial charge on any atom is -0.392 e. The SMILES string of the molecule is CC(C)O/N=C1/C(=O)N(C)c2ccccc21. The molecule has 1 aromatic rings. The lowest BCUT2D eigenvalue weighted by atomic mass is 10.1. The summed E-state index contributed by atoms with van der Waals surface area (Å²) >= 11 is 0. The third-order valence-electron chi connectivity index (χ3n) is 2.38. The van der Waals surface area contributed by atoms with Crippen molar-refractivity contribution < 1.29 is 9.63 Å². The van der Waals surface area contributed by atoms with Gasteiger partial charge in [-0.3, -0.25) is 4.79 Å². The molecule has 0 radical (unpaired) electrons. The number of carbonyl (C=O) groups excluding carboxylic acids is 1. The third kappa shape index (κ3) is 1.66. The molecule has 4 nitrogen and oxygen atoms in total. The highest BCUT2D eigenvalue weighted by Gasteiger charge is 2.31. The zero-order chi connectivity index (χ0) is 11.7. The van der Waals surface area contributed by atoms with Gasteiger partial charge in [0.05, 0.1) is 5.69 Å². The van der Waals surface area contributed by atoms with Gasteiger partial charge in [-0.15, -0.1) is 0 Å². The van der Waals surface area contributed by atoms with Gasteiger partial charge < -0.3 is 9.74 Å². The minimum absolute atomic E-state index is 0.0293. The van der Waals surface area contributed by atoms with Crippen molar-refractivity contribution in [1.29, 1.82) is 0 Å². The number of nitrogens with zero attached hydrogens (tertiary/aromatic N) is 2. The Hall–Kier alpha value is -1.84. The predicted molar refractivity (Wildman–Crippen MR) is 62.6 cm³/mol. The third-order valence-corrected chi connectivity index (χ3v) is 2.38. The van der Waals surface area contributed by atoms with Crippen LogP contribution in [0.4, 0.5) is 5.69 Å². The number of amides is 1. The number of likely N-dealkylation sites (N-methyl/N-ethyl adjacent to an activating group) is 1. The fourth-order valence-corrected chi connectivity index (χ4v) is 1.60. The normalized spacial score (nSPS) is 17.1. The molecule has 4 heteroatoms. The molecule has 0 fully saturated rings. The summed E-state index contributed by atoms with van der Waals surface area (Å²) in [5, 5.41) is 3.92. The van der Waals surface area contributed by atoms with E-state index in [1.54, 1.807) is 11.9 Å². The Bertz CT molecular complexity index is 452. The van der Waals surface area contributed by atoms with E-state index in [1.807, 2.05) is 38.1 Å². The maximum atomic E-state index is 11.9. The van der Waals surface area contributed by atoms with Gasteiger partial charge in [0, 0.05) is 12.6 Å². The second kappa shape index (κ2) is 3.96. The smallest absolute Gasteiger partial charge is 0.280 e. The number of anilines is 1. The van der Waals surface area contributed by atoms with Crippen molar-refractivity contribution in [2.75, 3.05) is 11.9 Å². The summed E-state index contributed by atoms with van der Waals surface area (Å²) in [5.74, 6) is -0.123. The molecule has 1 heterocycles.